The lowest BCUT2D eigenvalue weighted by Gasteiger charge is -2.20. The Morgan fingerprint density at radius 3 is 2.47 bits per heavy atom. The van der Waals surface area contributed by atoms with Crippen LogP contribution in [0.3, 0.4) is 0 Å². The third-order valence-electron chi connectivity index (χ3n) is 3.00. The predicted molar refractivity (Wildman–Crippen MR) is 76.4 cm³/mol. The Labute approximate surface area is 113 Å². The fourth-order valence-corrected chi connectivity index (χ4v) is 2.31. The zero-order valence-electron chi connectivity index (χ0n) is 10.9. The maximum atomic E-state index is 5.35. The maximum absolute atomic E-state index is 5.35. The molecule has 0 aliphatic rings. The summed E-state index contributed by atoms with van der Waals surface area (Å²) in [4.78, 5) is 0. The molecule has 0 saturated carbocycles. The number of halogens is 1. The topological polar surface area (TPSA) is 21.3 Å². The van der Waals surface area contributed by atoms with Gasteiger partial charge in [-0.2, -0.15) is 0 Å². The molecule has 0 fully saturated rings. The largest absolute Gasteiger partial charge is 0.382 e. The second kappa shape index (κ2) is 7.85. The minimum atomic E-state index is 0.323. The van der Waals surface area contributed by atoms with Crippen molar-refractivity contribution in [3.63, 3.8) is 0 Å². The Morgan fingerprint density at radius 2 is 1.94 bits per heavy atom. The van der Waals surface area contributed by atoms with Crippen LogP contribution in [0, 0.1) is 5.92 Å². The monoisotopic (exact) mass is 299 g/mol. The molecular formula is C14H22BrNO. The molecular weight excluding hydrogens is 278 g/mol. The third kappa shape index (κ3) is 5.66. The van der Waals surface area contributed by atoms with E-state index >= 15 is 0 Å². The highest BCUT2D eigenvalue weighted by molar-refractivity contribution is 9.10. The van der Waals surface area contributed by atoms with Gasteiger partial charge in [0.25, 0.3) is 0 Å². The number of ether oxygens (including phenoxy) is 1. The summed E-state index contributed by atoms with van der Waals surface area (Å²) in [6.07, 6.45) is 2.51. The standard InChI is InChI=1S/C14H22BrNO/c1-11(17-3)8-13(10-16-2)9-12-4-6-14(15)7-5-12/h4-7,11,13,16H,8-10H2,1-3H3. The van der Waals surface area contributed by atoms with Gasteiger partial charge < -0.3 is 10.1 Å². The van der Waals surface area contributed by atoms with E-state index in [9.17, 15) is 0 Å². The van der Waals surface area contributed by atoms with E-state index in [2.05, 4.69) is 52.4 Å². The molecule has 1 N–H and O–H groups in total. The van der Waals surface area contributed by atoms with Crippen molar-refractivity contribution in [2.45, 2.75) is 25.9 Å². The predicted octanol–water partition coefficient (Wildman–Crippen LogP) is 3.25. The minimum Gasteiger partial charge on any atom is -0.382 e. The molecule has 3 heteroatoms. The summed E-state index contributed by atoms with van der Waals surface area (Å²) in [5.74, 6) is 0.621. The number of benzene rings is 1. The zero-order chi connectivity index (χ0) is 12.7. The number of hydrogen-bond donors (Lipinski definition) is 1. The highest BCUT2D eigenvalue weighted by Gasteiger charge is 2.13. The average molecular weight is 300 g/mol. The molecule has 2 unspecified atom stereocenters. The molecule has 0 bridgehead atoms. The van der Waals surface area contributed by atoms with Gasteiger partial charge in [0, 0.05) is 11.6 Å². The molecule has 0 aliphatic heterocycles. The van der Waals surface area contributed by atoms with Crippen molar-refractivity contribution in [3.05, 3.63) is 34.3 Å². The lowest BCUT2D eigenvalue weighted by Crippen LogP contribution is -2.24. The molecule has 0 spiro atoms. The van der Waals surface area contributed by atoms with Gasteiger partial charge in [-0.1, -0.05) is 28.1 Å². The average Bonchev–Trinajstić information content (AvgIpc) is 2.32. The van der Waals surface area contributed by atoms with Crippen LogP contribution in [0.15, 0.2) is 28.7 Å². The lowest BCUT2D eigenvalue weighted by atomic mass is 9.94. The first-order valence-electron chi connectivity index (χ1n) is 6.07. The number of rotatable bonds is 7. The number of nitrogens with one attached hydrogen (secondary N) is 1. The second-order valence-electron chi connectivity index (χ2n) is 4.54. The summed E-state index contributed by atoms with van der Waals surface area (Å²) < 4.78 is 6.48. The Kier molecular flexibility index (Phi) is 6.78. The third-order valence-corrected chi connectivity index (χ3v) is 3.53. The molecule has 17 heavy (non-hydrogen) atoms. The fourth-order valence-electron chi connectivity index (χ4n) is 2.05. The molecule has 2 nitrogen and oxygen atoms in total. The number of hydrogen-bond acceptors (Lipinski definition) is 2. The highest BCUT2D eigenvalue weighted by atomic mass is 79.9. The van der Waals surface area contributed by atoms with Gasteiger partial charge in [-0.25, -0.2) is 0 Å². The van der Waals surface area contributed by atoms with E-state index < -0.39 is 0 Å². The Morgan fingerprint density at radius 1 is 1.29 bits per heavy atom. The minimum absolute atomic E-state index is 0.323. The summed E-state index contributed by atoms with van der Waals surface area (Å²) in [6.45, 7) is 3.16. The van der Waals surface area contributed by atoms with Crippen LogP contribution < -0.4 is 5.32 Å². The van der Waals surface area contributed by atoms with Crippen LogP contribution in [-0.2, 0) is 11.2 Å². The molecule has 0 saturated heterocycles. The molecule has 0 heterocycles. The molecule has 96 valence electrons. The van der Waals surface area contributed by atoms with Crippen LogP contribution in [-0.4, -0.2) is 26.8 Å². The van der Waals surface area contributed by atoms with Gasteiger partial charge in [-0.05, 0) is 57.0 Å². The Hall–Kier alpha value is -0.380. The van der Waals surface area contributed by atoms with Gasteiger partial charge in [0.15, 0.2) is 0 Å². The maximum Gasteiger partial charge on any atom is 0.0546 e. The highest BCUT2D eigenvalue weighted by Crippen LogP contribution is 2.17. The first kappa shape index (κ1) is 14.7. The molecule has 1 aromatic carbocycles. The van der Waals surface area contributed by atoms with Crippen LogP contribution in [0.1, 0.15) is 18.9 Å². The molecule has 0 aliphatic carbocycles. The van der Waals surface area contributed by atoms with Crippen molar-refractivity contribution in [3.8, 4) is 0 Å². The van der Waals surface area contributed by atoms with Crippen LogP contribution in [0.5, 0.6) is 0 Å². The van der Waals surface area contributed by atoms with Crippen molar-refractivity contribution >= 4 is 15.9 Å². The SMILES string of the molecule is CNCC(Cc1ccc(Br)cc1)CC(C)OC. The van der Waals surface area contributed by atoms with Crippen molar-refractivity contribution in [1.82, 2.24) is 5.32 Å². The first-order valence-corrected chi connectivity index (χ1v) is 6.86. The van der Waals surface area contributed by atoms with Crippen LogP contribution in [0.25, 0.3) is 0 Å². The molecule has 2 atom stereocenters. The second-order valence-corrected chi connectivity index (χ2v) is 5.45. The lowest BCUT2D eigenvalue weighted by molar-refractivity contribution is 0.0949. The van der Waals surface area contributed by atoms with E-state index in [1.54, 1.807) is 7.11 Å². The van der Waals surface area contributed by atoms with Crippen LogP contribution >= 0.6 is 15.9 Å². The molecule has 0 amide bonds. The van der Waals surface area contributed by atoms with Crippen LogP contribution in [0.2, 0.25) is 0 Å². The van der Waals surface area contributed by atoms with Crippen molar-refractivity contribution < 1.29 is 4.74 Å². The Balaban J connectivity index is 2.56. The number of methoxy groups -OCH3 is 1. The van der Waals surface area contributed by atoms with E-state index in [1.807, 2.05) is 7.05 Å². The molecule has 1 rings (SSSR count). The smallest absolute Gasteiger partial charge is 0.0546 e. The quantitative estimate of drug-likeness (QED) is 0.834. The van der Waals surface area contributed by atoms with Gasteiger partial charge in [0.2, 0.25) is 0 Å². The van der Waals surface area contributed by atoms with E-state index in [4.69, 9.17) is 4.74 Å². The van der Waals surface area contributed by atoms with E-state index in [1.165, 1.54) is 5.56 Å². The van der Waals surface area contributed by atoms with Crippen molar-refractivity contribution in [2.24, 2.45) is 5.92 Å². The first-order chi connectivity index (χ1) is 8.15. The summed E-state index contributed by atoms with van der Waals surface area (Å²) in [6, 6.07) is 8.57. The van der Waals surface area contributed by atoms with Gasteiger partial charge in [-0.3, -0.25) is 0 Å². The van der Waals surface area contributed by atoms with Crippen molar-refractivity contribution in [1.29, 1.82) is 0 Å². The van der Waals surface area contributed by atoms with Gasteiger partial charge in [0.05, 0.1) is 6.10 Å². The van der Waals surface area contributed by atoms with E-state index in [0.29, 0.717) is 12.0 Å². The van der Waals surface area contributed by atoms with Gasteiger partial charge in [-0.15, -0.1) is 0 Å². The summed E-state index contributed by atoms with van der Waals surface area (Å²) >= 11 is 3.46. The van der Waals surface area contributed by atoms with E-state index in [0.717, 1.165) is 23.9 Å². The Bertz CT molecular complexity index is 313. The van der Waals surface area contributed by atoms with Gasteiger partial charge >= 0.3 is 0 Å². The van der Waals surface area contributed by atoms with Gasteiger partial charge in [0.1, 0.15) is 0 Å². The molecule has 0 aromatic heterocycles. The molecule has 1 aromatic rings. The molecule has 0 radical (unpaired) electrons. The normalized spacial score (nSPS) is 14.6. The summed E-state index contributed by atoms with van der Waals surface area (Å²) in [5.41, 5.74) is 1.39. The fraction of sp³-hybridized carbons (Fsp3) is 0.571. The van der Waals surface area contributed by atoms with E-state index in [-0.39, 0.29) is 0 Å². The van der Waals surface area contributed by atoms with Crippen LogP contribution in [0.4, 0.5) is 0 Å². The zero-order valence-corrected chi connectivity index (χ0v) is 12.5. The summed E-state index contributed by atoms with van der Waals surface area (Å²) in [5, 5.41) is 3.26. The summed E-state index contributed by atoms with van der Waals surface area (Å²) in [7, 11) is 3.78. The van der Waals surface area contributed by atoms with Crippen molar-refractivity contribution in [2.75, 3.05) is 20.7 Å².